The van der Waals surface area contributed by atoms with Crippen molar-refractivity contribution in [3.05, 3.63) is 24.3 Å². The van der Waals surface area contributed by atoms with Crippen molar-refractivity contribution in [3.63, 3.8) is 0 Å². The molecule has 0 bridgehead atoms. The maximum Gasteiger partial charge on any atom is 0.387 e. The summed E-state index contributed by atoms with van der Waals surface area (Å²) in [6.45, 7) is 4.91. The average Bonchev–Trinajstić information content (AvgIpc) is 2.89. The fraction of sp³-hybridized carbons (Fsp3) is 0.579. The van der Waals surface area contributed by atoms with E-state index in [1.807, 2.05) is 18.7 Å². The second kappa shape index (κ2) is 10.8. The molecule has 0 aliphatic carbocycles. The molecule has 156 valence electrons. The highest BCUT2D eigenvalue weighted by atomic mass is 19.3. The Balaban J connectivity index is 1.92. The first-order valence-corrected chi connectivity index (χ1v) is 9.54. The van der Waals surface area contributed by atoms with E-state index in [1.54, 1.807) is 21.9 Å². The van der Waals surface area contributed by atoms with E-state index in [4.69, 9.17) is 0 Å². The Hall–Kier alpha value is -2.42. The summed E-state index contributed by atoms with van der Waals surface area (Å²) >= 11 is 0. The lowest BCUT2D eigenvalue weighted by atomic mass is 10.3. The van der Waals surface area contributed by atoms with Gasteiger partial charge < -0.3 is 19.9 Å². The van der Waals surface area contributed by atoms with Crippen molar-refractivity contribution in [1.29, 1.82) is 0 Å². The number of rotatable bonds is 7. The first-order chi connectivity index (χ1) is 13.4. The van der Waals surface area contributed by atoms with Crippen molar-refractivity contribution in [2.45, 2.75) is 26.9 Å². The SMILES string of the molecule is CCN(CC)C(=O)CN1CCCN(C(=O)Nc2ccccc2OC(F)F)CC1. The van der Waals surface area contributed by atoms with Crippen molar-refractivity contribution < 1.29 is 23.1 Å². The van der Waals surface area contributed by atoms with E-state index in [0.717, 1.165) is 13.0 Å². The van der Waals surface area contributed by atoms with Gasteiger partial charge in [0.25, 0.3) is 0 Å². The van der Waals surface area contributed by atoms with Crippen LogP contribution in [0.15, 0.2) is 24.3 Å². The number of anilines is 1. The van der Waals surface area contributed by atoms with Crippen molar-refractivity contribution in [1.82, 2.24) is 14.7 Å². The number of carbonyl (C=O) groups is 2. The third-order valence-electron chi connectivity index (χ3n) is 4.70. The summed E-state index contributed by atoms with van der Waals surface area (Å²) in [5.74, 6) is 0.00749. The van der Waals surface area contributed by atoms with Crippen LogP contribution < -0.4 is 10.1 Å². The fourth-order valence-electron chi connectivity index (χ4n) is 3.16. The first-order valence-electron chi connectivity index (χ1n) is 9.54. The van der Waals surface area contributed by atoms with Crippen molar-refractivity contribution in [3.8, 4) is 5.75 Å². The Labute approximate surface area is 164 Å². The van der Waals surface area contributed by atoms with E-state index in [0.29, 0.717) is 39.3 Å². The smallest absolute Gasteiger partial charge is 0.387 e. The summed E-state index contributed by atoms with van der Waals surface area (Å²) < 4.78 is 29.5. The van der Waals surface area contributed by atoms with E-state index < -0.39 is 6.61 Å². The Morgan fingerprint density at radius 3 is 2.54 bits per heavy atom. The summed E-state index contributed by atoms with van der Waals surface area (Å²) in [4.78, 5) is 30.3. The number of ether oxygens (including phenoxy) is 1. The highest BCUT2D eigenvalue weighted by molar-refractivity contribution is 5.91. The van der Waals surface area contributed by atoms with Crippen LogP contribution in [-0.4, -0.2) is 79.1 Å². The third-order valence-corrected chi connectivity index (χ3v) is 4.70. The molecule has 0 aromatic heterocycles. The largest absolute Gasteiger partial charge is 0.433 e. The Bertz CT molecular complexity index is 656. The molecule has 0 spiro atoms. The number of alkyl halides is 2. The van der Waals surface area contributed by atoms with Crippen LogP contribution in [0.3, 0.4) is 0 Å². The molecule has 0 saturated carbocycles. The summed E-state index contributed by atoms with van der Waals surface area (Å²) in [6, 6.07) is 5.72. The van der Waals surface area contributed by atoms with Gasteiger partial charge in [-0.3, -0.25) is 9.69 Å². The molecule has 1 aromatic carbocycles. The normalized spacial score (nSPS) is 15.2. The number of para-hydroxylation sites is 2. The van der Waals surface area contributed by atoms with E-state index in [9.17, 15) is 18.4 Å². The molecular weight excluding hydrogens is 370 g/mol. The monoisotopic (exact) mass is 398 g/mol. The van der Waals surface area contributed by atoms with Gasteiger partial charge >= 0.3 is 12.6 Å². The molecule has 1 fully saturated rings. The highest BCUT2D eigenvalue weighted by Gasteiger charge is 2.22. The quantitative estimate of drug-likeness (QED) is 0.767. The van der Waals surface area contributed by atoms with Gasteiger partial charge in [0.1, 0.15) is 5.75 Å². The van der Waals surface area contributed by atoms with Crippen LogP contribution in [0.2, 0.25) is 0 Å². The van der Waals surface area contributed by atoms with Gasteiger partial charge in [-0.1, -0.05) is 12.1 Å². The molecule has 0 atom stereocenters. The number of urea groups is 1. The molecule has 1 aromatic rings. The molecule has 28 heavy (non-hydrogen) atoms. The number of nitrogens with zero attached hydrogens (tertiary/aromatic N) is 3. The second-order valence-electron chi connectivity index (χ2n) is 6.49. The van der Waals surface area contributed by atoms with Gasteiger partial charge in [-0.15, -0.1) is 0 Å². The van der Waals surface area contributed by atoms with Crippen LogP contribution in [0.5, 0.6) is 5.75 Å². The van der Waals surface area contributed by atoms with E-state index >= 15 is 0 Å². The van der Waals surface area contributed by atoms with Gasteiger partial charge in [0.05, 0.1) is 12.2 Å². The number of amides is 3. The summed E-state index contributed by atoms with van der Waals surface area (Å²) in [6.07, 6.45) is 0.730. The Kier molecular flexibility index (Phi) is 8.43. The topological polar surface area (TPSA) is 65.1 Å². The number of hydrogen-bond acceptors (Lipinski definition) is 4. The Morgan fingerprint density at radius 2 is 1.86 bits per heavy atom. The number of carbonyl (C=O) groups excluding carboxylic acids is 2. The second-order valence-corrected chi connectivity index (χ2v) is 6.49. The number of halogens is 2. The van der Waals surface area contributed by atoms with Crippen LogP contribution in [0.4, 0.5) is 19.3 Å². The summed E-state index contributed by atoms with van der Waals surface area (Å²) in [5, 5.41) is 2.64. The zero-order valence-corrected chi connectivity index (χ0v) is 16.4. The zero-order chi connectivity index (χ0) is 20.5. The molecule has 1 N–H and O–H groups in total. The fourth-order valence-corrected chi connectivity index (χ4v) is 3.16. The molecule has 7 nitrogen and oxygen atoms in total. The molecule has 3 amide bonds. The van der Waals surface area contributed by atoms with E-state index in [1.165, 1.54) is 12.1 Å². The van der Waals surface area contributed by atoms with Gasteiger partial charge in [-0.05, 0) is 32.4 Å². The molecule has 9 heteroatoms. The molecule has 2 rings (SSSR count). The molecule has 1 saturated heterocycles. The molecule has 0 unspecified atom stereocenters. The number of hydrogen-bond donors (Lipinski definition) is 1. The predicted molar refractivity (Wildman–Crippen MR) is 103 cm³/mol. The lowest BCUT2D eigenvalue weighted by Gasteiger charge is -2.25. The van der Waals surface area contributed by atoms with Crippen LogP contribution in [0.1, 0.15) is 20.3 Å². The molecular formula is C19H28F2N4O3. The van der Waals surface area contributed by atoms with Gasteiger partial charge in [-0.2, -0.15) is 8.78 Å². The first kappa shape index (κ1) is 21.9. The summed E-state index contributed by atoms with van der Waals surface area (Å²) in [5.41, 5.74) is 0.200. The van der Waals surface area contributed by atoms with Gasteiger partial charge in [0.2, 0.25) is 5.91 Å². The van der Waals surface area contributed by atoms with Crippen LogP contribution in [0.25, 0.3) is 0 Å². The van der Waals surface area contributed by atoms with E-state index in [2.05, 4.69) is 10.1 Å². The highest BCUT2D eigenvalue weighted by Crippen LogP contribution is 2.25. The maximum atomic E-state index is 12.6. The standard InChI is InChI=1S/C19H28F2N4O3/c1-3-24(4-2)17(26)14-23-10-7-11-25(13-12-23)19(27)22-15-8-5-6-9-16(15)28-18(20)21/h5-6,8-9,18H,3-4,7,10-14H2,1-2H3,(H,22,27). The molecule has 1 heterocycles. The molecule has 0 radical (unpaired) electrons. The van der Waals surface area contributed by atoms with Crippen LogP contribution in [-0.2, 0) is 4.79 Å². The lowest BCUT2D eigenvalue weighted by Crippen LogP contribution is -2.42. The molecule has 1 aliphatic heterocycles. The average molecular weight is 398 g/mol. The number of likely N-dealkylation sites (N-methyl/N-ethyl adjacent to an activating group) is 1. The predicted octanol–water partition coefficient (Wildman–Crippen LogP) is 2.70. The van der Waals surface area contributed by atoms with E-state index in [-0.39, 0.29) is 23.4 Å². The number of nitrogens with one attached hydrogen (secondary N) is 1. The third kappa shape index (κ3) is 6.33. The van der Waals surface area contributed by atoms with Crippen LogP contribution >= 0.6 is 0 Å². The summed E-state index contributed by atoms with van der Waals surface area (Å²) in [7, 11) is 0. The minimum absolute atomic E-state index is 0.0767. The maximum absolute atomic E-state index is 12.6. The number of benzene rings is 1. The van der Waals surface area contributed by atoms with Gasteiger partial charge in [0, 0.05) is 39.3 Å². The van der Waals surface area contributed by atoms with Gasteiger partial charge in [0.15, 0.2) is 0 Å². The zero-order valence-electron chi connectivity index (χ0n) is 16.4. The van der Waals surface area contributed by atoms with Crippen LogP contribution in [0, 0.1) is 0 Å². The van der Waals surface area contributed by atoms with Gasteiger partial charge in [-0.25, -0.2) is 4.79 Å². The minimum Gasteiger partial charge on any atom is -0.433 e. The minimum atomic E-state index is -2.96. The molecule has 1 aliphatic rings. The van der Waals surface area contributed by atoms with Crippen molar-refractivity contribution in [2.75, 3.05) is 51.1 Å². The van der Waals surface area contributed by atoms with Crippen molar-refractivity contribution >= 4 is 17.6 Å². The Morgan fingerprint density at radius 1 is 1.14 bits per heavy atom. The lowest BCUT2D eigenvalue weighted by molar-refractivity contribution is -0.132. The van der Waals surface area contributed by atoms with Crippen molar-refractivity contribution in [2.24, 2.45) is 0 Å².